The van der Waals surface area contributed by atoms with Crippen LogP contribution in [-0.4, -0.2) is 44.0 Å². The Morgan fingerprint density at radius 2 is 2.08 bits per heavy atom. The molecule has 0 bridgehead atoms. The van der Waals surface area contributed by atoms with Gasteiger partial charge < -0.3 is 15.4 Å². The van der Waals surface area contributed by atoms with Gasteiger partial charge in [0, 0.05) is 18.4 Å². The fraction of sp³-hybridized carbons (Fsp3) is 0.294. The number of carbonyl (C=O) groups is 1. The minimum absolute atomic E-state index is 0.102. The third kappa shape index (κ3) is 4.27. The van der Waals surface area contributed by atoms with E-state index in [-0.39, 0.29) is 23.5 Å². The van der Waals surface area contributed by atoms with Crippen LogP contribution in [0, 0.1) is 0 Å². The summed E-state index contributed by atoms with van der Waals surface area (Å²) in [5.74, 6) is 0.533. The van der Waals surface area contributed by atoms with E-state index in [9.17, 15) is 13.2 Å². The molecule has 1 aromatic heterocycles. The Morgan fingerprint density at radius 1 is 1.28 bits per heavy atom. The molecule has 1 fully saturated rings. The number of hydrogen-bond acceptors (Lipinski definition) is 6. The molecule has 3 rings (SSSR count). The van der Waals surface area contributed by atoms with Crippen molar-refractivity contribution in [1.82, 2.24) is 4.98 Å². The summed E-state index contributed by atoms with van der Waals surface area (Å²) in [6.07, 6.45) is 3.59. The lowest BCUT2D eigenvalue weighted by Gasteiger charge is -2.13. The molecule has 1 aromatic carbocycles. The van der Waals surface area contributed by atoms with Crippen LogP contribution >= 0.6 is 0 Å². The molecule has 132 valence electrons. The molecule has 1 amide bonds. The van der Waals surface area contributed by atoms with Crippen molar-refractivity contribution in [2.24, 2.45) is 0 Å². The molecule has 7 nitrogen and oxygen atoms in total. The van der Waals surface area contributed by atoms with Crippen molar-refractivity contribution in [3.8, 4) is 5.75 Å². The molecule has 1 atom stereocenters. The number of benzene rings is 1. The molecule has 2 N–H and O–H groups in total. The zero-order chi connectivity index (χ0) is 17.9. The van der Waals surface area contributed by atoms with Gasteiger partial charge >= 0.3 is 0 Å². The summed E-state index contributed by atoms with van der Waals surface area (Å²) in [5.41, 5.74) is 1.56. The van der Waals surface area contributed by atoms with E-state index in [1.165, 1.54) is 13.3 Å². The van der Waals surface area contributed by atoms with Gasteiger partial charge in [0.15, 0.2) is 9.84 Å². The van der Waals surface area contributed by atoms with Crippen LogP contribution in [0.15, 0.2) is 42.7 Å². The standard InChI is InChI=1S/C17H19N3O4S/c1-24-16-5-3-2-4-15(16)20-17(21)12-8-14(10-18-9-12)19-13-6-7-25(22,23)11-13/h2-5,8-10,13,19H,6-7,11H2,1H3,(H,20,21). The number of amides is 1. The van der Waals surface area contributed by atoms with Gasteiger partial charge in [-0.25, -0.2) is 8.42 Å². The highest BCUT2D eigenvalue weighted by Gasteiger charge is 2.27. The predicted molar refractivity (Wildman–Crippen MR) is 95.9 cm³/mol. The van der Waals surface area contributed by atoms with Crippen molar-refractivity contribution in [3.63, 3.8) is 0 Å². The number of para-hydroxylation sites is 2. The van der Waals surface area contributed by atoms with Crippen LogP contribution in [0.25, 0.3) is 0 Å². The number of hydrogen-bond donors (Lipinski definition) is 2. The number of ether oxygens (including phenoxy) is 1. The van der Waals surface area contributed by atoms with Crippen molar-refractivity contribution in [2.75, 3.05) is 29.2 Å². The van der Waals surface area contributed by atoms with E-state index in [4.69, 9.17) is 4.74 Å². The van der Waals surface area contributed by atoms with Gasteiger partial charge in [0.25, 0.3) is 5.91 Å². The van der Waals surface area contributed by atoms with Crippen molar-refractivity contribution >= 4 is 27.1 Å². The van der Waals surface area contributed by atoms with Crippen molar-refractivity contribution in [2.45, 2.75) is 12.5 Å². The molecule has 1 saturated heterocycles. The topological polar surface area (TPSA) is 97.4 Å². The second-order valence-electron chi connectivity index (χ2n) is 5.86. The maximum absolute atomic E-state index is 12.4. The Bertz CT molecular complexity index is 883. The average molecular weight is 361 g/mol. The highest BCUT2D eigenvalue weighted by molar-refractivity contribution is 7.91. The van der Waals surface area contributed by atoms with Crippen LogP contribution in [0.2, 0.25) is 0 Å². The van der Waals surface area contributed by atoms with Crippen LogP contribution < -0.4 is 15.4 Å². The van der Waals surface area contributed by atoms with Crippen molar-refractivity contribution < 1.29 is 17.9 Å². The van der Waals surface area contributed by atoms with E-state index in [0.717, 1.165) is 0 Å². The zero-order valence-corrected chi connectivity index (χ0v) is 14.5. The molecular weight excluding hydrogens is 342 g/mol. The van der Waals surface area contributed by atoms with Crippen LogP contribution in [0.5, 0.6) is 5.75 Å². The fourth-order valence-electron chi connectivity index (χ4n) is 2.73. The first-order chi connectivity index (χ1) is 12.0. The summed E-state index contributed by atoms with van der Waals surface area (Å²) in [5, 5.41) is 5.92. The second kappa shape index (κ2) is 7.10. The molecule has 0 spiro atoms. The van der Waals surface area contributed by atoms with Gasteiger partial charge in [-0.2, -0.15) is 0 Å². The van der Waals surface area contributed by atoms with E-state index in [2.05, 4.69) is 15.6 Å². The van der Waals surface area contributed by atoms with Gasteiger partial charge in [-0.05, 0) is 24.6 Å². The lowest BCUT2D eigenvalue weighted by atomic mass is 10.2. The number of carbonyl (C=O) groups excluding carboxylic acids is 1. The molecule has 2 aromatic rings. The molecule has 2 heterocycles. The van der Waals surface area contributed by atoms with Gasteiger partial charge in [0.05, 0.1) is 35.6 Å². The molecule has 25 heavy (non-hydrogen) atoms. The van der Waals surface area contributed by atoms with E-state index in [1.54, 1.807) is 30.5 Å². The Labute approximate surface area is 146 Å². The van der Waals surface area contributed by atoms with E-state index < -0.39 is 9.84 Å². The Kier molecular flexibility index (Phi) is 4.89. The number of rotatable bonds is 5. The van der Waals surface area contributed by atoms with Crippen LogP contribution in [0.3, 0.4) is 0 Å². The summed E-state index contributed by atoms with van der Waals surface area (Å²) in [7, 11) is -1.43. The molecule has 0 aliphatic carbocycles. The molecule has 1 aliphatic heterocycles. The number of nitrogens with zero attached hydrogens (tertiary/aromatic N) is 1. The first-order valence-electron chi connectivity index (χ1n) is 7.83. The number of methoxy groups -OCH3 is 1. The zero-order valence-electron chi connectivity index (χ0n) is 13.7. The number of anilines is 2. The van der Waals surface area contributed by atoms with E-state index in [1.807, 2.05) is 6.07 Å². The number of pyridine rings is 1. The highest BCUT2D eigenvalue weighted by Crippen LogP contribution is 2.24. The van der Waals surface area contributed by atoms with Gasteiger partial charge in [-0.15, -0.1) is 0 Å². The van der Waals surface area contributed by atoms with Crippen molar-refractivity contribution in [1.29, 1.82) is 0 Å². The Hall–Kier alpha value is -2.61. The SMILES string of the molecule is COc1ccccc1NC(=O)c1cncc(NC2CCS(=O)(=O)C2)c1. The maximum Gasteiger partial charge on any atom is 0.257 e. The summed E-state index contributed by atoms with van der Waals surface area (Å²) < 4.78 is 28.3. The summed E-state index contributed by atoms with van der Waals surface area (Å²) in [6, 6.07) is 8.62. The second-order valence-corrected chi connectivity index (χ2v) is 8.09. The average Bonchev–Trinajstić information content (AvgIpc) is 2.94. The van der Waals surface area contributed by atoms with Crippen molar-refractivity contribution in [3.05, 3.63) is 48.3 Å². The van der Waals surface area contributed by atoms with Crippen LogP contribution in [-0.2, 0) is 9.84 Å². The smallest absolute Gasteiger partial charge is 0.257 e. The number of aromatic nitrogens is 1. The van der Waals surface area contributed by atoms with Crippen LogP contribution in [0.4, 0.5) is 11.4 Å². The number of nitrogens with one attached hydrogen (secondary N) is 2. The molecular formula is C17H19N3O4S. The van der Waals surface area contributed by atoms with E-state index >= 15 is 0 Å². The fourth-order valence-corrected chi connectivity index (χ4v) is 4.40. The van der Waals surface area contributed by atoms with Gasteiger partial charge in [0.2, 0.25) is 0 Å². The van der Waals surface area contributed by atoms with Gasteiger partial charge in [-0.1, -0.05) is 12.1 Å². The maximum atomic E-state index is 12.4. The lowest BCUT2D eigenvalue weighted by molar-refractivity contribution is 0.102. The van der Waals surface area contributed by atoms with Gasteiger partial charge in [-0.3, -0.25) is 9.78 Å². The van der Waals surface area contributed by atoms with Gasteiger partial charge in [0.1, 0.15) is 5.75 Å². The first-order valence-corrected chi connectivity index (χ1v) is 9.65. The summed E-state index contributed by atoms with van der Waals surface area (Å²) in [6.45, 7) is 0. The molecule has 8 heteroatoms. The molecule has 0 radical (unpaired) electrons. The van der Waals surface area contributed by atoms with Crippen LogP contribution in [0.1, 0.15) is 16.8 Å². The Balaban J connectivity index is 1.71. The lowest BCUT2D eigenvalue weighted by Crippen LogP contribution is -2.21. The third-order valence-corrected chi connectivity index (χ3v) is 5.73. The first kappa shape index (κ1) is 17.2. The third-order valence-electron chi connectivity index (χ3n) is 3.96. The Morgan fingerprint density at radius 3 is 2.80 bits per heavy atom. The summed E-state index contributed by atoms with van der Waals surface area (Å²) >= 11 is 0. The molecule has 1 aliphatic rings. The summed E-state index contributed by atoms with van der Waals surface area (Å²) in [4.78, 5) is 16.5. The monoisotopic (exact) mass is 361 g/mol. The number of sulfone groups is 1. The minimum Gasteiger partial charge on any atom is -0.495 e. The highest BCUT2D eigenvalue weighted by atomic mass is 32.2. The predicted octanol–water partition coefficient (Wildman–Crippen LogP) is 1.94. The molecule has 0 saturated carbocycles. The minimum atomic E-state index is -2.97. The quantitative estimate of drug-likeness (QED) is 0.845. The van der Waals surface area contributed by atoms with E-state index in [0.29, 0.717) is 29.1 Å². The normalized spacial score (nSPS) is 18.5. The largest absolute Gasteiger partial charge is 0.495 e. The molecule has 1 unspecified atom stereocenters.